The number of rotatable bonds is 7. The summed E-state index contributed by atoms with van der Waals surface area (Å²) < 4.78 is 10.4. The smallest absolute Gasteiger partial charge is 0.343 e. The van der Waals surface area contributed by atoms with Gasteiger partial charge < -0.3 is 9.47 Å². The van der Waals surface area contributed by atoms with Crippen LogP contribution in [-0.4, -0.2) is 30.1 Å². The fourth-order valence-corrected chi connectivity index (χ4v) is 3.19. The second kappa shape index (κ2) is 10.6. The Morgan fingerprint density at radius 3 is 2.55 bits per heavy atom. The van der Waals surface area contributed by atoms with Gasteiger partial charge in [-0.3, -0.25) is 14.9 Å². The first-order chi connectivity index (χ1) is 15.8. The Morgan fingerprint density at radius 2 is 1.85 bits per heavy atom. The molecule has 1 amide bonds. The molecule has 0 fully saturated rings. The average Bonchev–Trinajstić information content (AvgIpc) is 2.79. The van der Waals surface area contributed by atoms with E-state index in [0.29, 0.717) is 10.8 Å². The first-order valence-electron chi connectivity index (χ1n) is 9.22. The van der Waals surface area contributed by atoms with Gasteiger partial charge in [0.15, 0.2) is 0 Å². The number of nitrogens with one attached hydrogen (secondary N) is 1. The number of benzene rings is 3. The molecule has 0 saturated carbocycles. The zero-order valence-electron chi connectivity index (χ0n) is 17.0. The van der Waals surface area contributed by atoms with Crippen LogP contribution in [0.5, 0.6) is 11.5 Å². The molecule has 0 aromatic heterocycles. The van der Waals surface area contributed by atoms with Crippen LogP contribution in [0.2, 0.25) is 10.0 Å². The Kier molecular flexibility index (Phi) is 7.60. The third kappa shape index (κ3) is 5.85. The van der Waals surface area contributed by atoms with Gasteiger partial charge in [-0.25, -0.2) is 10.2 Å². The number of halogens is 2. The molecule has 0 heterocycles. The van der Waals surface area contributed by atoms with Crippen molar-refractivity contribution in [1.82, 2.24) is 5.43 Å². The van der Waals surface area contributed by atoms with E-state index in [2.05, 4.69) is 10.5 Å². The van der Waals surface area contributed by atoms with E-state index in [4.69, 9.17) is 32.7 Å². The fourth-order valence-electron chi connectivity index (χ4n) is 2.69. The topological polar surface area (TPSA) is 120 Å². The van der Waals surface area contributed by atoms with Crippen LogP contribution < -0.4 is 14.9 Å². The normalized spacial score (nSPS) is 10.6. The maximum absolute atomic E-state index is 12.6. The first kappa shape index (κ1) is 23.7. The number of nitrogens with zero attached hydrogens (tertiary/aromatic N) is 2. The molecule has 0 atom stereocenters. The predicted molar refractivity (Wildman–Crippen MR) is 123 cm³/mol. The van der Waals surface area contributed by atoms with E-state index in [9.17, 15) is 19.7 Å². The molecule has 168 valence electrons. The molecule has 0 radical (unpaired) electrons. The standard InChI is InChI=1S/C22H15Cl2N3O6/c1-32-16-6-2-4-13(10-16)22(29)33-20-14(5-3-7-19(20)27(30)31)12-25-26-21(28)17-9-8-15(23)11-18(17)24/h2-12H,1H3,(H,26,28)/b25-12+. The third-order valence-electron chi connectivity index (χ3n) is 4.27. The van der Waals surface area contributed by atoms with Crippen molar-refractivity contribution >= 4 is 47.0 Å². The van der Waals surface area contributed by atoms with Gasteiger partial charge in [-0.1, -0.05) is 35.3 Å². The van der Waals surface area contributed by atoms with Crippen molar-refractivity contribution in [3.8, 4) is 11.5 Å². The highest BCUT2D eigenvalue weighted by Crippen LogP contribution is 2.31. The van der Waals surface area contributed by atoms with Crippen molar-refractivity contribution in [2.24, 2.45) is 5.10 Å². The molecule has 33 heavy (non-hydrogen) atoms. The molecule has 11 heteroatoms. The number of ether oxygens (including phenoxy) is 2. The van der Waals surface area contributed by atoms with E-state index < -0.39 is 22.5 Å². The van der Waals surface area contributed by atoms with E-state index in [0.717, 1.165) is 6.21 Å². The van der Waals surface area contributed by atoms with Gasteiger partial charge in [-0.05, 0) is 42.5 Å². The molecule has 0 saturated heterocycles. The Morgan fingerprint density at radius 1 is 1.09 bits per heavy atom. The lowest BCUT2D eigenvalue weighted by Gasteiger charge is -2.09. The second-order valence-electron chi connectivity index (χ2n) is 6.40. The summed E-state index contributed by atoms with van der Waals surface area (Å²) in [6, 6.07) is 14.4. The predicted octanol–water partition coefficient (Wildman–Crippen LogP) is 4.89. The quantitative estimate of drug-likeness (QED) is 0.166. The Hall–Kier alpha value is -3.95. The van der Waals surface area contributed by atoms with Crippen LogP contribution in [0.4, 0.5) is 5.69 Å². The largest absolute Gasteiger partial charge is 0.497 e. The number of amides is 1. The SMILES string of the molecule is COc1cccc(C(=O)Oc2c(/C=N/NC(=O)c3ccc(Cl)cc3Cl)cccc2[N+](=O)[O-])c1. The van der Waals surface area contributed by atoms with Crippen LogP contribution in [0.15, 0.2) is 65.8 Å². The van der Waals surface area contributed by atoms with Gasteiger partial charge in [0.05, 0.1) is 34.4 Å². The minimum Gasteiger partial charge on any atom is -0.497 e. The van der Waals surface area contributed by atoms with E-state index >= 15 is 0 Å². The maximum Gasteiger partial charge on any atom is 0.343 e. The number of methoxy groups -OCH3 is 1. The number of nitro groups is 1. The molecular weight excluding hydrogens is 473 g/mol. The molecule has 0 aliphatic heterocycles. The number of hydrogen-bond donors (Lipinski definition) is 1. The third-order valence-corrected chi connectivity index (χ3v) is 4.81. The molecule has 0 unspecified atom stereocenters. The van der Waals surface area contributed by atoms with Crippen LogP contribution in [0, 0.1) is 10.1 Å². The summed E-state index contributed by atoms with van der Waals surface area (Å²) >= 11 is 11.8. The number of hydrogen-bond acceptors (Lipinski definition) is 7. The highest BCUT2D eigenvalue weighted by atomic mass is 35.5. The zero-order valence-corrected chi connectivity index (χ0v) is 18.5. The number of esters is 1. The lowest BCUT2D eigenvalue weighted by Crippen LogP contribution is -2.18. The van der Waals surface area contributed by atoms with E-state index in [1.54, 1.807) is 12.1 Å². The molecule has 0 bridgehead atoms. The molecule has 0 aliphatic carbocycles. The first-order valence-corrected chi connectivity index (χ1v) is 9.98. The van der Waals surface area contributed by atoms with Crippen molar-refractivity contribution in [2.45, 2.75) is 0 Å². The summed E-state index contributed by atoms with van der Waals surface area (Å²) in [7, 11) is 1.44. The number of hydrazone groups is 1. The minimum absolute atomic E-state index is 0.0861. The van der Waals surface area contributed by atoms with Crippen molar-refractivity contribution in [3.63, 3.8) is 0 Å². The highest BCUT2D eigenvalue weighted by molar-refractivity contribution is 6.36. The van der Waals surface area contributed by atoms with Crippen molar-refractivity contribution in [3.05, 3.63) is 97.5 Å². The Bertz CT molecular complexity index is 1260. The summed E-state index contributed by atoms with van der Waals surface area (Å²) in [5, 5.41) is 15.8. The summed E-state index contributed by atoms with van der Waals surface area (Å²) in [6.07, 6.45) is 1.11. The monoisotopic (exact) mass is 487 g/mol. The summed E-state index contributed by atoms with van der Waals surface area (Å²) in [4.78, 5) is 35.7. The van der Waals surface area contributed by atoms with Gasteiger partial charge in [0.1, 0.15) is 5.75 Å². The van der Waals surface area contributed by atoms with Crippen LogP contribution in [0.25, 0.3) is 0 Å². The lowest BCUT2D eigenvalue weighted by molar-refractivity contribution is -0.385. The number of nitro benzene ring substituents is 1. The van der Waals surface area contributed by atoms with Gasteiger partial charge in [-0.15, -0.1) is 0 Å². The molecule has 3 rings (SSSR count). The van der Waals surface area contributed by atoms with E-state index in [1.165, 1.54) is 55.6 Å². The number of carbonyl (C=O) groups is 2. The van der Waals surface area contributed by atoms with Crippen LogP contribution >= 0.6 is 23.2 Å². The molecule has 0 spiro atoms. The van der Waals surface area contributed by atoms with E-state index in [1.807, 2.05) is 0 Å². The van der Waals surface area contributed by atoms with Crippen LogP contribution in [0.1, 0.15) is 26.3 Å². The van der Waals surface area contributed by atoms with Gasteiger partial charge in [-0.2, -0.15) is 5.10 Å². The van der Waals surface area contributed by atoms with Gasteiger partial charge in [0.2, 0.25) is 5.75 Å². The molecule has 0 aliphatic rings. The maximum atomic E-state index is 12.6. The van der Waals surface area contributed by atoms with E-state index in [-0.39, 0.29) is 27.5 Å². The fraction of sp³-hybridized carbons (Fsp3) is 0.0455. The van der Waals surface area contributed by atoms with Crippen LogP contribution in [0.3, 0.4) is 0 Å². The molecule has 1 N–H and O–H groups in total. The summed E-state index contributed by atoms with van der Waals surface area (Å²) in [6.45, 7) is 0. The highest BCUT2D eigenvalue weighted by Gasteiger charge is 2.22. The Labute approximate surface area is 197 Å². The summed E-state index contributed by atoms with van der Waals surface area (Å²) in [5.74, 6) is -1.39. The zero-order chi connectivity index (χ0) is 24.0. The van der Waals surface area contributed by atoms with Gasteiger partial charge in [0.25, 0.3) is 5.91 Å². The van der Waals surface area contributed by atoms with Crippen molar-refractivity contribution in [2.75, 3.05) is 7.11 Å². The van der Waals surface area contributed by atoms with Crippen molar-refractivity contribution < 1.29 is 24.0 Å². The summed E-state index contributed by atoms with van der Waals surface area (Å²) in [5.41, 5.74) is 2.14. The van der Waals surface area contributed by atoms with Gasteiger partial charge >= 0.3 is 11.7 Å². The Balaban J connectivity index is 1.86. The molecular formula is C22H15Cl2N3O6. The second-order valence-corrected chi connectivity index (χ2v) is 7.24. The van der Waals surface area contributed by atoms with Gasteiger partial charge in [0, 0.05) is 16.7 Å². The number of para-hydroxylation sites is 1. The van der Waals surface area contributed by atoms with Crippen molar-refractivity contribution in [1.29, 1.82) is 0 Å². The molecule has 9 nitrogen and oxygen atoms in total. The molecule has 3 aromatic rings. The average molecular weight is 488 g/mol. The minimum atomic E-state index is -0.838. The molecule has 3 aromatic carbocycles. The number of carbonyl (C=O) groups excluding carboxylic acids is 2. The van der Waals surface area contributed by atoms with Crippen LogP contribution in [-0.2, 0) is 0 Å². The lowest BCUT2D eigenvalue weighted by atomic mass is 10.1.